The number of aromatic hydroxyl groups is 1. The van der Waals surface area contributed by atoms with Crippen molar-refractivity contribution in [1.29, 1.82) is 0 Å². The largest absolute Gasteiger partial charge is 0.508 e. The average molecular weight is 232 g/mol. The zero-order valence-electron chi connectivity index (χ0n) is 10.1. The smallest absolute Gasteiger partial charge is 0.115 e. The average Bonchev–Trinajstić information content (AvgIpc) is 2.71. The van der Waals surface area contributed by atoms with E-state index in [4.69, 9.17) is 0 Å². The Labute approximate surface area is 102 Å². The van der Waals surface area contributed by atoms with Crippen LogP contribution in [0.15, 0.2) is 24.3 Å². The highest BCUT2D eigenvalue weighted by Crippen LogP contribution is 2.26. The van der Waals surface area contributed by atoms with Gasteiger partial charge in [-0.15, -0.1) is 0 Å². The summed E-state index contributed by atoms with van der Waals surface area (Å²) in [6, 6.07) is 8.31. The highest BCUT2D eigenvalue weighted by Gasteiger charge is 2.33. The van der Waals surface area contributed by atoms with E-state index in [-0.39, 0.29) is 0 Å². The van der Waals surface area contributed by atoms with Crippen LogP contribution in [0.1, 0.15) is 18.4 Å². The van der Waals surface area contributed by atoms with Gasteiger partial charge in [-0.3, -0.25) is 4.90 Å². The van der Waals surface area contributed by atoms with Crippen LogP contribution in [-0.4, -0.2) is 35.7 Å². The predicted octanol–water partition coefficient (Wildman–Crippen LogP) is 1.58. The molecule has 3 rings (SSSR count). The molecule has 2 heterocycles. The van der Waals surface area contributed by atoms with E-state index in [1.165, 1.54) is 31.5 Å². The van der Waals surface area contributed by atoms with E-state index in [1.807, 2.05) is 12.1 Å². The van der Waals surface area contributed by atoms with Crippen molar-refractivity contribution >= 4 is 0 Å². The molecule has 2 atom stereocenters. The summed E-state index contributed by atoms with van der Waals surface area (Å²) in [4.78, 5) is 2.50. The number of piperidine rings is 1. The van der Waals surface area contributed by atoms with Crippen molar-refractivity contribution in [3.63, 3.8) is 0 Å². The summed E-state index contributed by atoms with van der Waals surface area (Å²) >= 11 is 0. The van der Waals surface area contributed by atoms with Crippen LogP contribution in [0.3, 0.4) is 0 Å². The lowest BCUT2D eigenvalue weighted by atomic mass is 9.94. The van der Waals surface area contributed by atoms with Crippen LogP contribution in [-0.2, 0) is 6.54 Å². The Morgan fingerprint density at radius 1 is 1.35 bits per heavy atom. The van der Waals surface area contributed by atoms with Crippen molar-refractivity contribution < 1.29 is 5.11 Å². The molecule has 3 nitrogen and oxygen atoms in total. The number of nitrogens with one attached hydrogen (secondary N) is 1. The molecule has 2 fully saturated rings. The highest BCUT2D eigenvalue weighted by atomic mass is 16.3. The topological polar surface area (TPSA) is 35.5 Å². The van der Waals surface area contributed by atoms with Gasteiger partial charge in [0.25, 0.3) is 0 Å². The van der Waals surface area contributed by atoms with Crippen LogP contribution in [0, 0.1) is 5.92 Å². The molecule has 2 aliphatic heterocycles. The molecule has 1 aromatic rings. The molecule has 0 amide bonds. The van der Waals surface area contributed by atoms with Gasteiger partial charge in [-0.2, -0.15) is 0 Å². The summed E-state index contributed by atoms with van der Waals surface area (Å²) in [6.07, 6.45) is 2.69. The minimum absolute atomic E-state index is 0.372. The van der Waals surface area contributed by atoms with E-state index in [9.17, 15) is 5.11 Å². The van der Waals surface area contributed by atoms with E-state index in [0.717, 1.165) is 19.0 Å². The van der Waals surface area contributed by atoms with Gasteiger partial charge in [0.2, 0.25) is 0 Å². The van der Waals surface area contributed by atoms with Gasteiger partial charge in [-0.1, -0.05) is 12.1 Å². The lowest BCUT2D eigenvalue weighted by Crippen LogP contribution is -2.40. The Bertz CT molecular complexity index is 380. The number of likely N-dealkylation sites (tertiary alicyclic amines) is 1. The highest BCUT2D eigenvalue weighted by molar-refractivity contribution is 5.27. The molecule has 17 heavy (non-hydrogen) atoms. The lowest BCUT2D eigenvalue weighted by molar-refractivity contribution is 0.312. The molecule has 0 spiro atoms. The number of nitrogens with zero attached hydrogens (tertiary/aromatic N) is 1. The zero-order valence-corrected chi connectivity index (χ0v) is 10.1. The molecular formula is C14H20N2O. The maximum absolute atomic E-state index is 9.46. The Kier molecular flexibility index (Phi) is 3.04. The van der Waals surface area contributed by atoms with Crippen molar-refractivity contribution in [3.8, 4) is 5.75 Å². The Morgan fingerprint density at radius 2 is 2.29 bits per heavy atom. The number of hydrogen-bond donors (Lipinski definition) is 2. The molecule has 1 aromatic carbocycles. The summed E-state index contributed by atoms with van der Waals surface area (Å²) in [6.45, 7) is 4.50. The van der Waals surface area contributed by atoms with Crippen molar-refractivity contribution in [2.45, 2.75) is 25.4 Å². The molecular weight excluding hydrogens is 212 g/mol. The summed E-state index contributed by atoms with van der Waals surface area (Å²) in [5.74, 6) is 1.21. The van der Waals surface area contributed by atoms with E-state index in [2.05, 4.69) is 16.3 Å². The van der Waals surface area contributed by atoms with E-state index in [0.29, 0.717) is 11.8 Å². The van der Waals surface area contributed by atoms with Gasteiger partial charge in [0, 0.05) is 25.7 Å². The van der Waals surface area contributed by atoms with Crippen LogP contribution >= 0.6 is 0 Å². The minimum Gasteiger partial charge on any atom is -0.508 e. The molecule has 2 N–H and O–H groups in total. The van der Waals surface area contributed by atoms with Crippen LogP contribution in [0.25, 0.3) is 0 Å². The van der Waals surface area contributed by atoms with Gasteiger partial charge in [0.05, 0.1) is 0 Å². The van der Waals surface area contributed by atoms with Gasteiger partial charge < -0.3 is 10.4 Å². The summed E-state index contributed by atoms with van der Waals surface area (Å²) < 4.78 is 0. The van der Waals surface area contributed by atoms with Crippen LogP contribution in [0.2, 0.25) is 0 Å². The quantitative estimate of drug-likeness (QED) is 0.812. The molecule has 0 bridgehead atoms. The monoisotopic (exact) mass is 232 g/mol. The fourth-order valence-corrected chi connectivity index (χ4v) is 3.18. The number of rotatable bonds is 2. The first-order valence-corrected chi connectivity index (χ1v) is 6.55. The molecule has 0 aliphatic carbocycles. The first kappa shape index (κ1) is 11.1. The van der Waals surface area contributed by atoms with E-state index < -0.39 is 0 Å². The van der Waals surface area contributed by atoms with Gasteiger partial charge in [0.1, 0.15) is 5.75 Å². The molecule has 0 radical (unpaired) electrons. The summed E-state index contributed by atoms with van der Waals surface area (Å²) in [5.41, 5.74) is 1.21. The normalized spacial score (nSPS) is 29.2. The van der Waals surface area contributed by atoms with Crippen molar-refractivity contribution in [3.05, 3.63) is 29.8 Å². The van der Waals surface area contributed by atoms with Gasteiger partial charge in [-0.05, 0) is 43.0 Å². The maximum atomic E-state index is 9.46. The Balaban J connectivity index is 1.63. The number of hydrogen-bond acceptors (Lipinski definition) is 3. The van der Waals surface area contributed by atoms with Crippen LogP contribution < -0.4 is 5.32 Å². The molecule has 0 aromatic heterocycles. The second-order valence-electron chi connectivity index (χ2n) is 5.33. The number of phenolic OH excluding ortho intramolecular Hbond substituents is 1. The third-order valence-electron chi connectivity index (χ3n) is 3.99. The zero-order chi connectivity index (χ0) is 11.7. The summed E-state index contributed by atoms with van der Waals surface area (Å²) in [5, 5.41) is 13.1. The minimum atomic E-state index is 0.372. The fourth-order valence-electron chi connectivity index (χ4n) is 3.18. The van der Waals surface area contributed by atoms with Crippen molar-refractivity contribution in [2.75, 3.05) is 19.6 Å². The molecule has 2 aliphatic rings. The lowest BCUT2D eigenvalue weighted by Gasteiger charge is -2.24. The van der Waals surface area contributed by atoms with Crippen molar-refractivity contribution in [1.82, 2.24) is 10.2 Å². The number of phenols is 1. The van der Waals surface area contributed by atoms with Crippen molar-refractivity contribution in [2.24, 2.45) is 5.92 Å². The SMILES string of the molecule is Oc1cccc(CN2CC3CCCNC3C2)c1. The van der Waals surface area contributed by atoms with Gasteiger partial charge in [-0.25, -0.2) is 0 Å². The molecule has 3 heteroatoms. The summed E-state index contributed by atoms with van der Waals surface area (Å²) in [7, 11) is 0. The van der Waals surface area contributed by atoms with E-state index in [1.54, 1.807) is 6.07 Å². The third-order valence-corrected chi connectivity index (χ3v) is 3.99. The molecule has 0 saturated carbocycles. The first-order valence-electron chi connectivity index (χ1n) is 6.55. The second kappa shape index (κ2) is 4.67. The maximum Gasteiger partial charge on any atom is 0.115 e. The number of benzene rings is 1. The molecule has 2 unspecified atom stereocenters. The molecule has 2 saturated heterocycles. The standard InChI is InChI=1S/C14H20N2O/c17-13-5-1-3-11(7-13)8-16-9-12-4-2-6-15-14(12)10-16/h1,3,5,7,12,14-15,17H,2,4,6,8-10H2. The van der Waals surface area contributed by atoms with Crippen LogP contribution in [0.4, 0.5) is 0 Å². The predicted molar refractivity (Wildman–Crippen MR) is 67.9 cm³/mol. The third kappa shape index (κ3) is 2.45. The van der Waals surface area contributed by atoms with Gasteiger partial charge >= 0.3 is 0 Å². The van der Waals surface area contributed by atoms with E-state index >= 15 is 0 Å². The molecule has 92 valence electrons. The Morgan fingerprint density at radius 3 is 3.12 bits per heavy atom. The van der Waals surface area contributed by atoms with Crippen LogP contribution in [0.5, 0.6) is 5.75 Å². The number of fused-ring (bicyclic) bond motifs is 1. The first-order chi connectivity index (χ1) is 8.31. The van der Waals surface area contributed by atoms with Gasteiger partial charge in [0.15, 0.2) is 0 Å². The fraction of sp³-hybridized carbons (Fsp3) is 0.571. The second-order valence-corrected chi connectivity index (χ2v) is 5.33. The Hall–Kier alpha value is -1.06.